The molecular formula is C20H21NO7. The highest BCUT2D eigenvalue weighted by atomic mass is 16.5. The number of furan rings is 1. The molecule has 8 nitrogen and oxygen atoms in total. The summed E-state index contributed by atoms with van der Waals surface area (Å²) in [5.74, 6) is 1.70. The zero-order chi connectivity index (χ0) is 20.1. The molecular weight excluding hydrogens is 366 g/mol. The Hall–Kier alpha value is -3.26. The molecule has 28 heavy (non-hydrogen) atoms. The monoisotopic (exact) mass is 387 g/mol. The van der Waals surface area contributed by atoms with Gasteiger partial charge in [0.2, 0.25) is 5.76 Å². The van der Waals surface area contributed by atoms with Gasteiger partial charge >= 0.3 is 5.97 Å². The van der Waals surface area contributed by atoms with Gasteiger partial charge in [-0.3, -0.25) is 0 Å². The molecule has 3 aromatic rings. The van der Waals surface area contributed by atoms with Gasteiger partial charge in [0.05, 0.1) is 20.3 Å². The molecule has 0 fully saturated rings. The lowest BCUT2D eigenvalue weighted by molar-refractivity contribution is 0.0491. The van der Waals surface area contributed by atoms with E-state index >= 15 is 0 Å². The van der Waals surface area contributed by atoms with E-state index in [2.05, 4.69) is 4.98 Å². The van der Waals surface area contributed by atoms with Crippen molar-refractivity contribution < 1.29 is 32.9 Å². The minimum absolute atomic E-state index is 0.0826. The fourth-order valence-electron chi connectivity index (χ4n) is 2.51. The van der Waals surface area contributed by atoms with Crippen molar-refractivity contribution in [3.05, 3.63) is 53.1 Å². The minimum Gasteiger partial charge on any atom is -0.493 e. The molecule has 8 heteroatoms. The topological polar surface area (TPSA) is 104 Å². The van der Waals surface area contributed by atoms with Gasteiger partial charge in [-0.1, -0.05) is 6.07 Å². The van der Waals surface area contributed by atoms with Gasteiger partial charge in [0.15, 0.2) is 17.3 Å². The largest absolute Gasteiger partial charge is 0.493 e. The molecule has 1 aromatic carbocycles. The van der Waals surface area contributed by atoms with Gasteiger partial charge in [0.25, 0.3) is 5.89 Å². The summed E-state index contributed by atoms with van der Waals surface area (Å²) >= 11 is 0. The molecule has 0 amide bonds. The molecule has 0 saturated carbocycles. The number of aliphatic hydroxyl groups excluding tert-OH is 1. The van der Waals surface area contributed by atoms with Crippen molar-refractivity contribution in [3.8, 4) is 23.1 Å². The van der Waals surface area contributed by atoms with Gasteiger partial charge in [0, 0.05) is 0 Å². The Bertz CT molecular complexity index is 957. The molecule has 0 atom stereocenters. The van der Waals surface area contributed by atoms with Gasteiger partial charge in [-0.05, 0) is 43.7 Å². The van der Waals surface area contributed by atoms with E-state index in [0.29, 0.717) is 28.7 Å². The molecule has 0 radical (unpaired) electrons. The van der Waals surface area contributed by atoms with Crippen LogP contribution in [-0.2, 0) is 18.0 Å². The third-order valence-corrected chi connectivity index (χ3v) is 3.96. The molecule has 0 aliphatic carbocycles. The highest BCUT2D eigenvalue weighted by molar-refractivity contribution is 5.86. The number of carbonyl (C=O) groups excluding carboxylic acids is 1. The van der Waals surface area contributed by atoms with Gasteiger partial charge < -0.3 is 28.2 Å². The number of hydrogen-bond acceptors (Lipinski definition) is 8. The maximum atomic E-state index is 11.7. The Morgan fingerprint density at radius 1 is 1.18 bits per heavy atom. The summed E-state index contributed by atoms with van der Waals surface area (Å²) in [5, 5.41) is 9.21. The van der Waals surface area contributed by atoms with Gasteiger partial charge in [-0.2, -0.15) is 0 Å². The van der Waals surface area contributed by atoms with E-state index in [-0.39, 0.29) is 31.5 Å². The van der Waals surface area contributed by atoms with Crippen LogP contribution >= 0.6 is 0 Å². The molecule has 0 aliphatic heterocycles. The van der Waals surface area contributed by atoms with E-state index in [9.17, 15) is 9.90 Å². The van der Waals surface area contributed by atoms with Gasteiger partial charge in [-0.15, -0.1) is 0 Å². The second-order valence-electron chi connectivity index (χ2n) is 5.84. The molecule has 1 N–H and O–H groups in total. The lowest BCUT2D eigenvalue weighted by Gasteiger charge is -2.10. The summed E-state index contributed by atoms with van der Waals surface area (Å²) in [6.45, 7) is 3.81. The number of aromatic nitrogens is 1. The summed E-state index contributed by atoms with van der Waals surface area (Å²) in [5.41, 5.74) is 1.30. The number of hydrogen-bond donors (Lipinski definition) is 1. The van der Waals surface area contributed by atoms with E-state index in [1.54, 1.807) is 38.1 Å². The summed E-state index contributed by atoms with van der Waals surface area (Å²) in [7, 11) is 1.53. The standard InChI is InChI=1S/C20H21NO7/c1-4-25-20(23)17-8-7-16(28-17)19-21-14(12(2)27-19)11-26-15-6-5-13(10-22)9-18(15)24-3/h5-9,22H,4,10-11H2,1-3H3. The van der Waals surface area contributed by atoms with Crippen molar-refractivity contribution >= 4 is 5.97 Å². The smallest absolute Gasteiger partial charge is 0.374 e. The minimum atomic E-state index is -0.543. The number of aliphatic hydroxyl groups is 1. The van der Waals surface area contributed by atoms with Gasteiger partial charge in [0.1, 0.15) is 18.1 Å². The van der Waals surface area contributed by atoms with Crippen molar-refractivity contribution in [1.82, 2.24) is 4.98 Å². The van der Waals surface area contributed by atoms with Crippen molar-refractivity contribution in [2.75, 3.05) is 13.7 Å². The summed E-state index contributed by atoms with van der Waals surface area (Å²) in [6, 6.07) is 8.28. The van der Waals surface area contributed by atoms with Crippen molar-refractivity contribution in [2.24, 2.45) is 0 Å². The third kappa shape index (κ3) is 4.17. The predicted molar refractivity (Wildman–Crippen MR) is 98.1 cm³/mol. The van der Waals surface area contributed by atoms with Gasteiger partial charge in [-0.25, -0.2) is 9.78 Å². The van der Waals surface area contributed by atoms with Crippen LogP contribution in [0, 0.1) is 6.92 Å². The average molecular weight is 387 g/mol. The van der Waals surface area contributed by atoms with Crippen LogP contribution in [0.25, 0.3) is 11.7 Å². The Morgan fingerprint density at radius 2 is 2.00 bits per heavy atom. The Morgan fingerprint density at radius 3 is 2.71 bits per heavy atom. The maximum Gasteiger partial charge on any atom is 0.374 e. The van der Waals surface area contributed by atoms with E-state index < -0.39 is 5.97 Å². The number of rotatable bonds is 8. The quantitative estimate of drug-likeness (QED) is 0.586. The lowest BCUT2D eigenvalue weighted by Crippen LogP contribution is -2.02. The van der Waals surface area contributed by atoms with E-state index in [0.717, 1.165) is 5.56 Å². The van der Waals surface area contributed by atoms with Crippen LogP contribution in [0.5, 0.6) is 11.5 Å². The molecule has 0 unspecified atom stereocenters. The van der Waals surface area contributed by atoms with E-state index in [4.69, 9.17) is 23.0 Å². The number of ether oxygens (including phenoxy) is 3. The molecule has 0 aliphatic rings. The number of methoxy groups -OCH3 is 1. The van der Waals surface area contributed by atoms with Crippen LogP contribution in [0.3, 0.4) is 0 Å². The van der Waals surface area contributed by atoms with Crippen LogP contribution in [0.4, 0.5) is 0 Å². The second-order valence-corrected chi connectivity index (χ2v) is 5.84. The number of oxazole rings is 1. The number of carbonyl (C=O) groups is 1. The maximum absolute atomic E-state index is 11.7. The second kappa shape index (κ2) is 8.62. The molecule has 0 saturated heterocycles. The van der Waals surface area contributed by atoms with Crippen LogP contribution in [0.2, 0.25) is 0 Å². The van der Waals surface area contributed by atoms with Crippen LogP contribution < -0.4 is 9.47 Å². The fourth-order valence-corrected chi connectivity index (χ4v) is 2.51. The zero-order valence-corrected chi connectivity index (χ0v) is 15.9. The van der Waals surface area contributed by atoms with Crippen LogP contribution in [0.1, 0.15) is 34.5 Å². The highest BCUT2D eigenvalue weighted by Crippen LogP contribution is 2.30. The predicted octanol–water partition coefficient (Wildman–Crippen LogP) is 3.50. The normalized spacial score (nSPS) is 10.7. The molecule has 2 aromatic heterocycles. The highest BCUT2D eigenvalue weighted by Gasteiger charge is 2.19. The van der Waals surface area contributed by atoms with Crippen molar-refractivity contribution in [3.63, 3.8) is 0 Å². The molecule has 3 rings (SSSR count). The summed E-state index contributed by atoms with van der Waals surface area (Å²) < 4.78 is 27.1. The Kier molecular flexibility index (Phi) is 6.00. The molecule has 148 valence electrons. The number of benzene rings is 1. The first-order valence-corrected chi connectivity index (χ1v) is 8.69. The van der Waals surface area contributed by atoms with Crippen LogP contribution in [-0.4, -0.2) is 29.8 Å². The summed E-state index contributed by atoms with van der Waals surface area (Å²) in [6.07, 6.45) is 0. The van der Waals surface area contributed by atoms with E-state index in [1.807, 2.05) is 0 Å². The van der Waals surface area contributed by atoms with E-state index in [1.165, 1.54) is 13.2 Å². The Labute approximate surface area is 161 Å². The SMILES string of the molecule is CCOC(=O)c1ccc(-c2nc(COc3ccc(CO)cc3OC)c(C)o2)o1. The molecule has 2 heterocycles. The third-order valence-electron chi connectivity index (χ3n) is 3.96. The fraction of sp³-hybridized carbons (Fsp3) is 0.300. The Balaban J connectivity index is 1.74. The average Bonchev–Trinajstić information content (AvgIpc) is 3.33. The lowest BCUT2D eigenvalue weighted by atomic mass is 10.2. The molecule has 0 bridgehead atoms. The zero-order valence-electron chi connectivity index (χ0n) is 15.9. The summed E-state index contributed by atoms with van der Waals surface area (Å²) in [4.78, 5) is 16.1. The number of nitrogens with zero attached hydrogens (tertiary/aromatic N) is 1. The first kappa shape index (κ1) is 19.5. The number of esters is 1. The van der Waals surface area contributed by atoms with Crippen molar-refractivity contribution in [1.29, 1.82) is 0 Å². The number of aryl methyl sites for hydroxylation is 1. The molecule has 0 spiro atoms. The first-order chi connectivity index (χ1) is 13.5. The van der Waals surface area contributed by atoms with Crippen molar-refractivity contribution in [2.45, 2.75) is 27.1 Å². The van der Waals surface area contributed by atoms with Crippen LogP contribution in [0.15, 0.2) is 39.2 Å². The first-order valence-electron chi connectivity index (χ1n) is 8.69.